The third-order valence-electron chi connectivity index (χ3n) is 4.22. The quantitative estimate of drug-likeness (QED) is 0.725. The second kappa shape index (κ2) is 6.96. The van der Waals surface area contributed by atoms with Gasteiger partial charge in [-0.3, -0.25) is 9.69 Å². The Hall–Kier alpha value is -1.01. The van der Waals surface area contributed by atoms with E-state index >= 15 is 0 Å². The highest BCUT2D eigenvalue weighted by molar-refractivity contribution is 5.79. The molecule has 1 aliphatic carbocycles. The average molecular weight is 262 g/mol. The molecule has 0 spiro atoms. The molecular formula is C16H26N2O. The Labute approximate surface area is 117 Å². The molecule has 1 aliphatic heterocycles. The van der Waals surface area contributed by atoms with Gasteiger partial charge in [0.2, 0.25) is 5.91 Å². The molecule has 0 aromatic carbocycles. The lowest BCUT2D eigenvalue weighted by Crippen LogP contribution is -2.35. The number of carbonyl (C=O) groups is 1. The zero-order valence-corrected chi connectivity index (χ0v) is 12.3. The van der Waals surface area contributed by atoms with Crippen LogP contribution in [0.5, 0.6) is 0 Å². The molecule has 0 bridgehead atoms. The van der Waals surface area contributed by atoms with Crippen molar-refractivity contribution in [3.8, 4) is 11.8 Å². The van der Waals surface area contributed by atoms with E-state index in [9.17, 15) is 4.79 Å². The maximum Gasteiger partial charge on any atom is 0.223 e. The van der Waals surface area contributed by atoms with E-state index < -0.39 is 0 Å². The van der Waals surface area contributed by atoms with Crippen LogP contribution >= 0.6 is 0 Å². The lowest BCUT2D eigenvalue weighted by molar-refractivity contribution is -0.129. The fraction of sp³-hybridized carbons (Fsp3) is 0.812. The van der Waals surface area contributed by atoms with E-state index in [0.717, 1.165) is 32.5 Å². The Morgan fingerprint density at radius 3 is 2.74 bits per heavy atom. The minimum atomic E-state index is 0.380. The number of carbonyl (C=O) groups excluding carboxylic acids is 1. The monoisotopic (exact) mass is 262 g/mol. The smallest absolute Gasteiger partial charge is 0.223 e. The summed E-state index contributed by atoms with van der Waals surface area (Å²) in [5.74, 6) is 7.14. The van der Waals surface area contributed by atoms with Crippen LogP contribution < -0.4 is 0 Å². The van der Waals surface area contributed by atoms with Crippen LogP contribution in [0, 0.1) is 17.8 Å². The van der Waals surface area contributed by atoms with Crippen LogP contribution in [0.2, 0.25) is 0 Å². The van der Waals surface area contributed by atoms with Crippen molar-refractivity contribution in [1.82, 2.24) is 9.80 Å². The van der Waals surface area contributed by atoms with Crippen molar-refractivity contribution in [3.05, 3.63) is 0 Å². The van der Waals surface area contributed by atoms with Crippen LogP contribution in [0.25, 0.3) is 0 Å². The number of hydrogen-bond acceptors (Lipinski definition) is 2. The first-order valence-electron chi connectivity index (χ1n) is 7.64. The SMILES string of the molecule is CCC#CCN(C)C[C@@H]1CC(=O)N(C2CCCC2)C1. The summed E-state index contributed by atoms with van der Waals surface area (Å²) in [5, 5.41) is 0. The average Bonchev–Trinajstić information content (AvgIpc) is 2.99. The molecule has 0 aromatic rings. The molecule has 0 unspecified atom stereocenters. The maximum atomic E-state index is 12.1. The van der Waals surface area contributed by atoms with Crippen molar-refractivity contribution in [3.63, 3.8) is 0 Å². The third-order valence-corrected chi connectivity index (χ3v) is 4.22. The second-order valence-electron chi connectivity index (χ2n) is 5.96. The molecule has 1 saturated heterocycles. The minimum absolute atomic E-state index is 0.380. The van der Waals surface area contributed by atoms with Gasteiger partial charge < -0.3 is 4.90 Å². The first kappa shape index (κ1) is 14.4. The summed E-state index contributed by atoms with van der Waals surface area (Å²) >= 11 is 0. The second-order valence-corrected chi connectivity index (χ2v) is 5.96. The van der Waals surface area contributed by atoms with Gasteiger partial charge in [0.1, 0.15) is 0 Å². The van der Waals surface area contributed by atoms with Crippen LogP contribution in [0.3, 0.4) is 0 Å². The van der Waals surface area contributed by atoms with E-state index in [1.54, 1.807) is 0 Å². The van der Waals surface area contributed by atoms with E-state index in [1.165, 1.54) is 25.7 Å². The molecule has 1 saturated carbocycles. The lowest BCUT2D eigenvalue weighted by Gasteiger charge is -2.25. The van der Waals surface area contributed by atoms with E-state index in [1.807, 2.05) is 0 Å². The van der Waals surface area contributed by atoms with Crippen LogP contribution in [-0.2, 0) is 4.79 Å². The van der Waals surface area contributed by atoms with E-state index in [0.29, 0.717) is 17.9 Å². The van der Waals surface area contributed by atoms with E-state index in [2.05, 4.69) is 35.6 Å². The van der Waals surface area contributed by atoms with Gasteiger partial charge in [0.15, 0.2) is 0 Å². The Kier molecular flexibility index (Phi) is 5.27. The molecule has 106 valence electrons. The zero-order valence-electron chi connectivity index (χ0n) is 12.3. The van der Waals surface area contributed by atoms with Crippen molar-refractivity contribution in [2.75, 3.05) is 26.7 Å². The molecule has 3 heteroatoms. The van der Waals surface area contributed by atoms with Crippen molar-refractivity contribution < 1.29 is 4.79 Å². The Morgan fingerprint density at radius 2 is 2.05 bits per heavy atom. The highest BCUT2D eigenvalue weighted by atomic mass is 16.2. The summed E-state index contributed by atoms with van der Waals surface area (Å²) in [6.45, 7) is 4.85. The number of hydrogen-bond donors (Lipinski definition) is 0. The van der Waals surface area contributed by atoms with Crippen molar-refractivity contribution in [1.29, 1.82) is 0 Å². The molecule has 0 aromatic heterocycles. The summed E-state index contributed by atoms with van der Waals surface area (Å²) in [6.07, 6.45) is 6.69. The predicted molar refractivity (Wildman–Crippen MR) is 77.6 cm³/mol. The largest absolute Gasteiger partial charge is 0.339 e. The summed E-state index contributed by atoms with van der Waals surface area (Å²) in [6, 6.07) is 0.544. The number of nitrogens with zero attached hydrogens (tertiary/aromatic N) is 2. The molecule has 1 heterocycles. The van der Waals surface area contributed by atoms with Gasteiger partial charge in [0.05, 0.1) is 6.54 Å². The third kappa shape index (κ3) is 3.98. The van der Waals surface area contributed by atoms with Crippen molar-refractivity contribution in [2.24, 2.45) is 5.92 Å². The highest BCUT2D eigenvalue weighted by Gasteiger charge is 2.35. The number of likely N-dealkylation sites (tertiary alicyclic amines) is 1. The van der Waals surface area contributed by atoms with Crippen molar-refractivity contribution in [2.45, 2.75) is 51.5 Å². The van der Waals surface area contributed by atoms with Crippen LogP contribution in [0.15, 0.2) is 0 Å². The van der Waals surface area contributed by atoms with Gasteiger partial charge in [-0.25, -0.2) is 0 Å². The molecule has 2 aliphatic rings. The van der Waals surface area contributed by atoms with Gasteiger partial charge in [0, 0.05) is 32.0 Å². The Balaban J connectivity index is 1.78. The Morgan fingerprint density at radius 1 is 1.32 bits per heavy atom. The fourth-order valence-electron chi connectivity index (χ4n) is 3.32. The van der Waals surface area contributed by atoms with Crippen molar-refractivity contribution >= 4 is 5.91 Å². The molecule has 2 rings (SSSR count). The normalized spacial score (nSPS) is 24.1. The van der Waals surface area contributed by atoms with Gasteiger partial charge in [0.25, 0.3) is 0 Å². The van der Waals surface area contributed by atoms with Crippen LogP contribution in [-0.4, -0.2) is 48.4 Å². The molecule has 3 nitrogen and oxygen atoms in total. The van der Waals surface area contributed by atoms with E-state index in [4.69, 9.17) is 0 Å². The van der Waals surface area contributed by atoms with Gasteiger partial charge >= 0.3 is 0 Å². The van der Waals surface area contributed by atoms with Crippen LogP contribution in [0.1, 0.15) is 45.4 Å². The molecule has 1 atom stereocenters. The van der Waals surface area contributed by atoms with Gasteiger partial charge in [-0.2, -0.15) is 0 Å². The molecular weight excluding hydrogens is 236 g/mol. The fourth-order valence-corrected chi connectivity index (χ4v) is 3.32. The molecule has 0 N–H and O–H groups in total. The standard InChI is InChI=1S/C16H26N2O/c1-3-4-7-10-17(2)12-14-11-16(19)18(13-14)15-8-5-6-9-15/h14-15H,3,5-6,8-13H2,1-2H3/t14-/m0/s1. The maximum absolute atomic E-state index is 12.1. The molecule has 1 amide bonds. The van der Waals surface area contributed by atoms with Gasteiger partial charge in [-0.15, -0.1) is 5.92 Å². The van der Waals surface area contributed by atoms with E-state index in [-0.39, 0.29) is 0 Å². The summed E-state index contributed by atoms with van der Waals surface area (Å²) in [7, 11) is 2.10. The van der Waals surface area contributed by atoms with Gasteiger partial charge in [-0.1, -0.05) is 25.7 Å². The number of amides is 1. The highest BCUT2D eigenvalue weighted by Crippen LogP contribution is 2.29. The summed E-state index contributed by atoms with van der Waals surface area (Å²) in [4.78, 5) is 16.5. The molecule has 2 fully saturated rings. The zero-order chi connectivity index (χ0) is 13.7. The number of rotatable bonds is 4. The topological polar surface area (TPSA) is 23.6 Å². The first-order valence-corrected chi connectivity index (χ1v) is 7.64. The molecule has 19 heavy (non-hydrogen) atoms. The summed E-state index contributed by atoms with van der Waals surface area (Å²) < 4.78 is 0. The first-order chi connectivity index (χ1) is 9.20. The Bertz CT molecular complexity index is 363. The minimum Gasteiger partial charge on any atom is -0.339 e. The molecule has 0 radical (unpaired) electrons. The van der Waals surface area contributed by atoms with Gasteiger partial charge in [-0.05, 0) is 25.8 Å². The predicted octanol–water partition coefficient (Wildman–Crippen LogP) is 2.12. The summed E-state index contributed by atoms with van der Waals surface area (Å²) in [5.41, 5.74) is 0. The van der Waals surface area contributed by atoms with Crippen LogP contribution in [0.4, 0.5) is 0 Å². The lowest BCUT2D eigenvalue weighted by atomic mass is 10.1.